The molecule has 0 saturated carbocycles. The quantitative estimate of drug-likeness (QED) is 0.202. The molecule has 122 valence electrons. The minimum Gasteiger partial charge on any atom is -0.402 e. The molecule has 0 amide bonds. The van der Waals surface area contributed by atoms with Crippen molar-refractivity contribution in [2.24, 2.45) is 0 Å². The second-order valence-corrected chi connectivity index (χ2v) is 4.91. The van der Waals surface area contributed by atoms with Gasteiger partial charge in [0.2, 0.25) is 0 Å². The Labute approximate surface area is 125 Å². The van der Waals surface area contributed by atoms with Crippen molar-refractivity contribution in [2.45, 2.75) is 30.4 Å². The van der Waals surface area contributed by atoms with Gasteiger partial charge in [-0.05, 0) is 24.3 Å². The first kappa shape index (κ1) is 16.6. The number of nitrogen functional groups attached to an aromatic ring is 1. The minimum atomic E-state index is -2.91. The predicted molar refractivity (Wildman–Crippen MR) is 71.2 cm³/mol. The number of ether oxygens (including phenoxy) is 2. The highest BCUT2D eigenvalue weighted by Crippen LogP contribution is 2.30. The number of hydrogen-bond donors (Lipinski definition) is 6. The van der Waals surface area contributed by atoms with Crippen molar-refractivity contribution in [3.05, 3.63) is 29.8 Å². The molecule has 1 unspecified atom stereocenters. The van der Waals surface area contributed by atoms with Crippen LogP contribution in [0.3, 0.4) is 0 Å². The highest BCUT2D eigenvalue weighted by molar-refractivity contribution is 5.90. The molecule has 1 aliphatic rings. The van der Waals surface area contributed by atoms with Gasteiger partial charge >= 0.3 is 11.9 Å². The number of carbonyl (C=O) groups is 1. The fraction of sp³-hybridized carbons (Fsp3) is 0.462. The van der Waals surface area contributed by atoms with Crippen molar-refractivity contribution in [2.75, 3.05) is 12.3 Å². The van der Waals surface area contributed by atoms with Gasteiger partial charge in [0.15, 0.2) is 6.10 Å². The molecule has 1 aromatic rings. The van der Waals surface area contributed by atoms with Crippen molar-refractivity contribution in [3.63, 3.8) is 0 Å². The summed E-state index contributed by atoms with van der Waals surface area (Å²) in [5.41, 5.74) is 5.89. The second kappa shape index (κ2) is 6.16. The van der Waals surface area contributed by atoms with Crippen molar-refractivity contribution in [3.8, 4) is 0 Å². The zero-order chi connectivity index (χ0) is 16.5. The van der Waals surface area contributed by atoms with Crippen LogP contribution in [0.5, 0.6) is 0 Å². The van der Waals surface area contributed by atoms with Gasteiger partial charge in [-0.1, -0.05) is 0 Å². The summed E-state index contributed by atoms with van der Waals surface area (Å²) in [4.78, 5) is 11.9. The number of aliphatic hydroxyl groups is 5. The van der Waals surface area contributed by atoms with Crippen LogP contribution in [0.4, 0.5) is 5.69 Å². The molecule has 1 aliphatic heterocycles. The third kappa shape index (κ3) is 3.04. The van der Waals surface area contributed by atoms with Crippen molar-refractivity contribution in [1.82, 2.24) is 0 Å². The molecule has 0 radical (unpaired) electrons. The summed E-state index contributed by atoms with van der Waals surface area (Å²) in [6.07, 6.45) is -7.10. The molecular weight excluding hydrogens is 298 g/mol. The van der Waals surface area contributed by atoms with Crippen molar-refractivity contribution < 1.29 is 39.8 Å². The molecule has 1 saturated heterocycles. The van der Waals surface area contributed by atoms with Crippen molar-refractivity contribution >= 4 is 11.7 Å². The van der Waals surface area contributed by atoms with Crippen LogP contribution < -0.4 is 5.73 Å². The summed E-state index contributed by atoms with van der Waals surface area (Å²) in [6.45, 7) is -0.771. The average molecular weight is 315 g/mol. The highest BCUT2D eigenvalue weighted by atomic mass is 16.8. The Balaban J connectivity index is 2.18. The number of benzene rings is 1. The van der Waals surface area contributed by atoms with E-state index in [0.29, 0.717) is 5.69 Å². The van der Waals surface area contributed by atoms with Gasteiger partial charge in [-0.2, -0.15) is 0 Å². The summed E-state index contributed by atoms with van der Waals surface area (Å²) in [6, 6.07) is 5.50. The fourth-order valence-electron chi connectivity index (χ4n) is 2.02. The molecule has 9 nitrogen and oxygen atoms in total. The first-order valence-electron chi connectivity index (χ1n) is 6.42. The summed E-state index contributed by atoms with van der Waals surface area (Å²) >= 11 is 0. The highest BCUT2D eigenvalue weighted by Gasteiger charge is 2.55. The number of rotatable bonds is 3. The van der Waals surface area contributed by atoms with E-state index < -0.39 is 43.0 Å². The maximum absolute atomic E-state index is 11.9. The van der Waals surface area contributed by atoms with E-state index >= 15 is 0 Å². The third-order valence-corrected chi connectivity index (χ3v) is 3.31. The Morgan fingerprint density at radius 1 is 1.23 bits per heavy atom. The van der Waals surface area contributed by atoms with Gasteiger partial charge in [0.1, 0.15) is 18.3 Å². The lowest BCUT2D eigenvalue weighted by Gasteiger charge is -2.43. The summed E-state index contributed by atoms with van der Waals surface area (Å²) < 4.78 is 9.50. The molecule has 0 bridgehead atoms. The molecular formula is C13H17NO8. The van der Waals surface area contributed by atoms with E-state index in [4.69, 9.17) is 15.6 Å². The first-order valence-corrected chi connectivity index (χ1v) is 6.42. The predicted octanol–water partition coefficient (Wildman–Crippen LogP) is -2.45. The average Bonchev–Trinajstić information content (AvgIpc) is 2.49. The van der Waals surface area contributed by atoms with E-state index in [9.17, 15) is 25.2 Å². The number of carbonyl (C=O) groups excluding carboxylic acids is 1. The minimum absolute atomic E-state index is 0.0135. The number of nitrogens with two attached hydrogens (primary N) is 1. The van der Waals surface area contributed by atoms with E-state index in [1.165, 1.54) is 24.3 Å². The number of aliphatic hydroxyl groups excluding tert-OH is 4. The van der Waals surface area contributed by atoms with Crippen LogP contribution in [0.15, 0.2) is 24.3 Å². The zero-order valence-electron chi connectivity index (χ0n) is 11.4. The lowest BCUT2D eigenvalue weighted by atomic mass is 9.98. The lowest BCUT2D eigenvalue weighted by Crippen LogP contribution is -2.66. The number of esters is 1. The van der Waals surface area contributed by atoms with Gasteiger partial charge in [-0.3, -0.25) is 0 Å². The van der Waals surface area contributed by atoms with Crippen LogP contribution in [0.25, 0.3) is 0 Å². The molecule has 1 aromatic carbocycles. The largest absolute Gasteiger partial charge is 0.402 e. The standard InChI is InChI=1S/C13H17NO8/c14-7-3-1-6(2-4-7)12(19)22-13(20)11(18)10(17)9(16)8(5-15)21-13/h1-4,8-11,15-18,20H,5,14H2/t8-,9-,10+,11-,13?/m1/s1. The molecule has 1 fully saturated rings. The zero-order valence-corrected chi connectivity index (χ0v) is 11.4. The number of anilines is 1. The van der Waals surface area contributed by atoms with Crippen LogP contribution >= 0.6 is 0 Å². The summed E-state index contributed by atoms with van der Waals surface area (Å²) in [7, 11) is 0. The van der Waals surface area contributed by atoms with E-state index in [-0.39, 0.29) is 5.56 Å². The van der Waals surface area contributed by atoms with Gasteiger partial charge in [0.05, 0.1) is 12.2 Å². The Kier molecular flexibility index (Phi) is 4.66. The smallest absolute Gasteiger partial charge is 0.357 e. The van der Waals surface area contributed by atoms with Crippen LogP contribution in [-0.4, -0.2) is 68.5 Å². The van der Waals surface area contributed by atoms with E-state index in [0.717, 1.165) is 0 Å². The summed E-state index contributed by atoms with van der Waals surface area (Å²) in [5, 5.41) is 48.1. The molecule has 0 aromatic heterocycles. The van der Waals surface area contributed by atoms with Gasteiger partial charge in [0, 0.05) is 5.69 Å². The van der Waals surface area contributed by atoms with Crippen LogP contribution in [-0.2, 0) is 9.47 Å². The van der Waals surface area contributed by atoms with E-state index in [2.05, 4.69) is 4.74 Å². The maximum Gasteiger partial charge on any atom is 0.357 e. The molecule has 7 N–H and O–H groups in total. The van der Waals surface area contributed by atoms with E-state index in [1.807, 2.05) is 0 Å². The molecule has 0 spiro atoms. The maximum atomic E-state index is 11.9. The third-order valence-electron chi connectivity index (χ3n) is 3.31. The molecule has 2 rings (SSSR count). The van der Waals surface area contributed by atoms with E-state index in [1.54, 1.807) is 0 Å². The Hall–Kier alpha value is -1.75. The van der Waals surface area contributed by atoms with Crippen LogP contribution in [0, 0.1) is 0 Å². The van der Waals surface area contributed by atoms with Gasteiger partial charge < -0.3 is 40.7 Å². The van der Waals surface area contributed by atoms with Crippen LogP contribution in [0.2, 0.25) is 0 Å². The molecule has 22 heavy (non-hydrogen) atoms. The lowest BCUT2D eigenvalue weighted by molar-refractivity contribution is -0.430. The molecule has 9 heteroatoms. The van der Waals surface area contributed by atoms with Gasteiger partial charge in [0.25, 0.3) is 0 Å². The molecule has 5 atom stereocenters. The Morgan fingerprint density at radius 3 is 2.36 bits per heavy atom. The summed E-state index contributed by atoms with van der Waals surface area (Å²) in [5.74, 6) is -3.97. The second-order valence-electron chi connectivity index (χ2n) is 4.91. The first-order chi connectivity index (χ1) is 10.3. The molecule has 0 aliphatic carbocycles. The number of hydrogen-bond acceptors (Lipinski definition) is 9. The topological polar surface area (TPSA) is 163 Å². The van der Waals surface area contributed by atoms with Crippen LogP contribution in [0.1, 0.15) is 10.4 Å². The molecule has 1 heterocycles. The normalized spacial score (nSPS) is 35.1. The van der Waals surface area contributed by atoms with Gasteiger partial charge in [-0.25, -0.2) is 4.79 Å². The van der Waals surface area contributed by atoms with Gasteiger partial charge in [-0.15, -0.1) is 0 Å². The monoisotopic (exact) mass is 315 g/mol. The fourth-order valence-corrected chi connectivity index (χ4v) is 2.02. The Bertz CT molecular complexity index is 533. The SMILES string of the molecule is Nc1ccc(C(=O)OC2(O)O[C@H](CO)[C@@H](O)[C@H](O)[C@H]2O)cc1. The Morgan fingerprint density at radius 2 is 1.82 bits per heavy atom. The van der Waals surface area contributed by atoms with Crippen molar-refractivity contribution in [1.29, 1.82) is 0 Å².